The summed E-state index contributed by atoms with van der Waals surface area (Å²) in [6.07, 6.45) is 2.09. The number of nitrogens with zero attached hydrogens (tertiary/aromatic N) is 1. The predicted octanol–water partition coefficient (Wildman–Crippen LogP) is 6.38. The lowest BCUT2D eigenvalue weighted by atomic mass is 9.88. The molecule has 2 amide bonds. The molecule has 0 heterocycles. The number of anilines is 2. The number of hydrogen-bond acceptors (Lipinski definition) is 1. The van der Waals surface area contributed by atoms with Crippen LogP contribution in [0.2, 0.25) is 0 Å². The lowest BCUT2D eigenvalue weighted by Crippen LogP contribution is -2.33. The molecule has 0 fully saturated rings. The molecule has 0 aliphatic heterocycles. The van der Waals surface area contributed by atoms with Crippen LogP contribution in [-0.4, -0.2) is 13.1 Å². The fraction of sp³-hybridized carbons (Fsp3) is 0.409. The van der Waals surface area contributed by atoms with Crippen LogP contribution in [0.5, 0.6) is 0 Å². The quantitative estimate of drug-likeness (QED) is 0.651. The van der Waals surface area contributed by atoms with Gasteiger partial charge < -0.3 is 5.32 Å². The van der Waals surface area contributed by atoms with E-state index in [9.17, 15) is 4.79 Å². The van der Waals surface area contributed by atoms with Gasteiger partial charge in [-0.3, -0.25) is 4.90 Å². The van der Waals surface area contributed by atoms with Crippen molar-refractivity contribution in [2.75, 3.05) is 17.3 Å². The smallest absolute Gasteiger partial charge is 0.308 e. The van der Waals surface area contributed by atoms with Crippen molar-refractivity contribution in [3.63, 3.8) is 0 Å². The monoisotopic (exact) mass is 338 g/mol. The van der Waals surface area contributed by atoms with E-state index in [0.29, 0.717) is 11.8 Å². The van der Waals surface area contributed by atoms with Gasteiger partial charge in [-0.15, -0.1) is 0 Å². The van der Waals surface area contributed by atoms with E-state index in [0.717, 1.165) is 24.2 Å². The van der Waals surface area contributed by atoms with Gasteiger partial charge >= 0.3 is 6.03 Å². The highest BCUT2D eigenvalue weighted by atomic mass is 16.2. The summed E-state index contributed by atoms with van der Waals surface area (Å²) in [5, 5.41) is 3.00. The number of carbonyl (C=O) groups excluding carboxylic acids is 1. The number of urea groups is 1. The molecule has 25 heavy (non-hydrogen) atoms. The van der Waals surface area contributed by atoms with Crippen LogP contribution in [0.15, 0.2) is 48.5 Å². The maximum absolute atomic E-state index is 12.9. The Balaban J connectivity index is 2.41. The van der Waals surface area contributed by atoms with Crippen LogP contribution in [-0.2, 0) is 0 Å². The van der Waals surface area contributed by atoms with E-state index >= 15 is 0 Å². The van der Waals surface area contributed by atoms with E-state index in [-0.39, 0.29) is 6.03 Å². The Morgan fingerprint density at radius 2 is 1.44 bits per heavy atom. The molecule has 2 aromatic carbocycles. The van der Waals surface area contributed by atoms with E-state index < -0.39 is 0 Å². The Kier molecular flexibility index (Phi) is 6.63. The molecule has 0 radical (unpaired) electrons. The molecule has 0 aromatic heterocycles. The minimum absolute atomic E-state index is 0.105. The van der Waals surface area contributed by atoms with Gasteiger partial charge in [0.25, 0.3) is 0 Å². The summed E-state index contributed by atoms with van der Waals surface area (Å²) in [6, 6.07) is 15.9. The van der Waals surface area contributed by atoms with Crippen LogP contribution < -0.4 is 10.2 Å². The summed E-state index contributed by atoms with van der Waals surface area (Å²) in [7, 11) is 1.87. The molecule has 134 valence electrons. The van der Waals surface area contributed by atoms with E-state index in [1.165, 1.54) is 11.1 Å². The topological polar surface area (TPSA) is 32.3 Å². The zero-order chi connectivity index (χ0) is 18.4. The molecule has 0 saturated heterocycles. The first kappa shape index (κ1) is 19.0. The number of rotatable bonds is 6. The second kappa shape index (κ2) is 8.70. The van der Waals surface area contributed by atoms with Crippen LogP contribution in [0.1, 0.15) is 63.5 Å². The van der Waals surface area contributed by atoms with Gasteiger partial charge in [0.15, 0.2) is 0 Å². The van der Waals surface area contributed by atoms with E-state index in [1.807, 2.05) is 37.4 Å². The van der Waals surface area contributed by atoms with Crippen molar-refractivity contribution in [3.05, 3.63) is 59.7 Å². The highest BCUT2D eigenvalue weighted by molar-refractivity contribution is 6.02. The van der Waals surface area contributed by atoms with E-state index in [2.05, 4.69) is 51.2 Å². The Labute approximate surface area is 152 Å². The molecule has 0 spiro atoms. The fourth-order valence-corrected chi connectivity index (χ4v) is 3.03. The van der Waals surface area contributed by atoms with Crippen molar-refractivity contribution in [2.45, 2.75) is 52.4 Å². The number of carbonyl (C=O) groups is 1. The average Bonchev–Trinajstić information content (AvgIpc) is 2.66. The van der Waals surface area contributed by atoms with Gasteiger partial charge in [0.1, 0.15) is 0 Å². The van der Waals surface area contributed by atoms with Gasteiger partial charge in [-0.25, -0.2) is 4.79 Å². The largest absolute Gasteiger partial charge is 0.326 e. The number of hydrogen-bond donors (Lipinski definition) is 1. The molecule has 0 aliphatic carbocycles. The van der Waals surface area contributed by atoms with Crippen molar-refractivity contribution in [1.29, 1.82) is 0 Å². The summed E-state index contributed by atoms with van der Waals surface area (Å²) in [6.45, 7) is 8.83. The Morgan fingerprint density at radius 3 is 1.92 bits per heavy atom. The van der Waals surface area contributed by atoms with Crippen molar-refractivity contribution in [3.8, 4) is 0 Å². The SMILES string of the molecule is CC[C@@H](C)c1cccc([C@@H](C)CC)c1N(C)C(=O)Nc1ccccc1. The van der Waals surface area contributed by atoms with Gasteiger partial charge in [-0.1, -0.05) is 64.1 Å². The number of benzene rings is 2. The van der Waals surface area contributed by atoms with Crippen molar-refractivity contribution in [2.24, 2.45) is 0 Å². The number of nitrogens with one attached hydrogen (secondary N) is 1. The predicted molar refractivity (Wildman–Crippen MR) is 108 cm³/mol. The van der Waals surface area contributed by atoms with Crippen molar-refractivity contribution in [1.82, 2.24) is 0 Å². The van der Waals surface area contributed by atoms with Crippen LogP contribution >= 0.6 is 0 Å². The minimum Gasteiger partial charge on any atom is -0.308 e. The maximum atomic E-state index is 12.9. The molecule has 1 N–H and O–H groups in total. The normalized spacial score (nSPS) is 13.2. The van der Waals surface area contributed by atoms with Gasteiger partial charge in [0.05, 0.1) is 5.69 Å². The molecule has 3 nitrogen and oxygen atoms in total. The molecule has 0 aliphatic rings. The molecule has 2 atom stereocenters. The van der Waals surface area contributed by atoms with Crippen LogP contribution in [0.3, 0.4) is 0 Å². The van der Waals surface area contributed by atoms with Crippen LogP contribution in [0, 0.1) is 0 Å². The van der Waals surface area contributed by atoms with E-state index in [1.54, 1.807) is 4.90 Å². The third kappa shape index (κ3) is 4.41. The van der Waals surface area contributed by atoms with Crippen molar-refractivity contribution < 1.29 is 4.79 Å². The standard InChI is InChI=1S/C22H30N2O/c1-6-16(3)19-14-11-15-20(17(4)7-2)21(19)24(5)22(25)23-18-12-9-8-10-13-18/h8-17H,6-7H2,1-5H3,(H,23,25)/t16-,17+. The second-order valence-electron chi connectivity index (χ2n) is 6.76. The average molecular weight is 338 g/mol. The highest BCUT2D eigenvalue weighted by Crippen LogP contribution is 2.37. The lowest BCUT2D eigenvalue weighted by molar-refractivity contribution is 0.258. The summed E-state index contributed by atoms with van der Waals surface area (Å²) in [5.74, 6) is 0.817. The van der Waals surface area contributed by atoms with Crippen molar-refractivity contribution >= 4 is 17.4 Å². The minimum atomic E-state index is -0.105. The molecular weight excluding hydrogens is 308 g/mol. The third-order valence-electron chi connectivity index (χ3n) is 5.05. The van der Waals surface area contributed by atoms with Gasteiger partial charge in [-0.2, -0.15) is 0 Å². The first-order chi connectivity index (χ1) is 12.0. The Bertz CT molecular complexity index is 668. The lowest BCUT2D eigenvalue weighted by Gasteiger charge is -2.28. The van der Waals surface area contributed by atoms with Crippen LogP contribution in [0.4, 0.5) is 16.2 Å². The zero-order valence-electron chi connectivity index (χ0n) is 16.0. The summed E-state index contributed by atoms with van der Waals surface area (Å²) < 4.78 is 0. The maximum Gasteiger partial charge on any atom is 0.326 e. The molecule has 2 rings (SSSR count). The second-order valence-corrected chi connectivity index (χ2v) is 6.76. The first-order valence-electron chi connectivity index (χ1n) is 9.22. The third-order valence-corrected chi connectivity index (χ3v) is 5.05. The molecular formula is C22H30N2O. The summed E-state index contributed by atoms with van der Waals surface area (Å²) in [4.78, 5) is 14.6. The fourth-order valence-electron chi connectivity index (χ4n) is 3.03. The van der Waals surface area contributed by atoms with Gasteiger partial charge in [0.2, 0.25) is 0 Å². The molecule has 2 aromatic rings. The Hall–Kier alpha value is -2.29. The van der Waals surface area contributed by atoms with Gasteiger partial charge in [0, 0.05) is 12.7 Å². The number of para-hydroxylation sites is 2. The van der Waals surface area contributed by atoms with E-state index in [4.69, 9.17) is 0 Å². The van der Waals surface area contributed by atoms with Crippen LogP contribution in [0.25, 0.3) is 0 Å². The first-order valence-corrected chi connectivity index (χ1v) is 9.22. The highest BCUT2D eigenvalue weighted by Gasteiger charge is 2.22. The summed E-state index contributed by atoms with van der Waals surface area (Å²) in [5.41, 5.74) is 4.35. The molecule has 0 saturated carbocycles. The molecule has 3 heteroatoms. The zero-order valence-corrected chi connectivity index (χ0v) is 16.0. The van der Waals surface area contributed by atoms with Gasteiger partial charge in [-0.05, 0) is 47.9 Å². The Morgan fingerprint density at radius 1 is 0.920 bits per heavy atom. The molecule has 0 unspecified atom stereocenters. The molecule has 0 bridgehead atoms. The summed E-state index contributed by atoms with van der Waals surface area (Å²) >= 11 is 0. The number of amides is 2.